The maximum Gasteiger partial charge on any atom is 0.387 e. The molecule has 0 bridgehead atoms. The number of nitrogens with zero attached hydrogens (tertiary/aromatic N) is 1. The van der Waals surface area contributed by atoms with Gasteiger partial charge in [-0.2, -0.15) is 8.78 Å². The lowest BCUT2D eigenvalue weighted by molar-refractivity contribution is -0.0520. The largest absolute Gasteiger partial charge is 0.490 e. The summed E-state index contributed by atoms with van der Waals surface area (Å²) in [6, 6.07) is 5.56. The summed E-state index contributed by atoms with van der Waals surface area (Å²) in [5.41, 5.74) is 0.593. The molecule has 0 radical (unpaired) electrons. The predicted molar refractivity (Wildman–Crippen MR) is 110 cm³/mol. The molecular formula is C18H28F2IN3O2. The van der Waals surface area contributed by atoms with E-state index in [0.717, 1.165) is 6.42 Å². The minimum absolute atomic E-state index is 0. The summed E-state index contributed by atoms with van der Waals surface area (Å²) >= 11 is 0. The maximum atomic E-state index is 12.7. The van der Waals surface area contributed by atoms with Crippen molar-refractivity contribution in [3.05, 3.63) is 23.8 Å². The fraction of sp³-hybridized carbons (Fsp3) is 0.611. The molecule has 0 saturated heterocycles. The van der Waals surface area contributed by atoms with Gasteiger partial charge in [-0.15, -0.1) is 24.0 Å². The average Bonchev–Trinajstić information content (AvgIpc) is 3.31. The molecule has 2 rings (SSSR count). The monoisotopic (exact) mass is 483 g/mol. The van der Waals surface area contributed by atoms with E-state index < -0.39 is 6.61 Å². The highest BCUT2D eigenvalue weighted by Crippen LogP contribution is 2.35. The molecule has 1 aromatic rings. The van der Waals surface area contributed by atoms with Crippen LogP contribution >= 0.6 is 24.0 Å². The number of hydrogen-bond donors (Lipinski definition) is 2. The van der Waals surface area contributed by atoms with Gasteiger partial charge in [0.1, 0.15) is 0 Å². The van der Waals surface area contributed by atoms with Gasteiger partial charge in [0.05, 0.1) is 6.61 Å². The van der Waals surface area contributed by atoms with E-state index in [4.69, 9.17) is 4.74 Å². The normalized spacial score (nSPS) is 18.9. The van der Waals surface area contributed by atoms with Crippen molar-refractivity contribution >= 4 is 29.9 Å². The lowest BCUT2D eigenvalue weighted by atomic mass is 10.2. The zero-order valence-corrected chi connectivity index (χ0v) is 17.8. The van der Waals surface area contributed by atoms with E-state index in [1.807, 2.05) is 0 Å². The summed E-state index contributed by atoms with van der Waals surface area (Å²) < 4.78 is 35.6. The second-order valence-corrected chi connectivity index (χ2v) is 6.02. The van der Waals surface area contributed by atoms with Crippen molar-refractivity contribution in [3.63, 3.8) is 0 Å². The molecule has 26 heavy (non-hydrogen) atoms. The number of hydrogen-bond acceptors (Lipinski definition) is 3. The molecule has 0 amide bonds. The summed E-state index contributed by atoms with van der Waals surface area (Å²) in [5.74, 6) is 1.74. The van der Waals surface area contributed by atoms with Crippen LogP contribution in [0.1, 0.15) is 38.7 Å². The second kappa shape index (κ2) is 11.4. The fourth-order valence-corrected chi connectivity index (χ4v) is 2.86. The Balaban J connectivity index is 0.00000338. The van der Waals surface area contributed by atoms with E-state index in [2.05, 4.69) is 27.3 Å². The Kier molecular flexibility index (Phi) is 9.97. The van der Waals surface area contributed by atoms with E-state index in [1.165, 1.54) is 12.8 Å². The molecule has 1 aliphatic carbocycles. The van der Waals surface area contributed by atoms with Crippen molar-refractivity contribution < 1.29 is 18.3 Å². The average molecular weight is 483 g/mol. The van der Waals surface area contributed by atoms with Gasteiger partial charge in [0.2, 0.25) is 0 Å². The van der Waals surface area contributed by atoms with Gasteiger partial charge >= 0.3 is 6.61 Å². The van der Waals surface area contributed by atoms with Crippen molar-refractivity contribution in [1.82, 2.24) is 10.6 Å². The molecule has 1 aliphatic rings. The number of guanidine groups is 1. The highest BCUT2D eigenvalue weighted by atomic mass is 127. The number of aliphatic imine (C=N–C) groups is 1. The molecule has 2 unspecified atom stereocenters. The number of para-hydroxylation sites is 1. The number of nitrogens with one attached hydrogen (secondary N) is 2. The number of benzene rings is 1. The topological polar surface area (TPSA) is 54.9 Å². The fourth-order valence-electron chi connectivity index (χ4n) is 2.86. The van der Waals surface area contributed by atoms with Gasteiger partial charge in [0, 0.05) is 25.2 Å². The molecule has 1 saturated carbocycles. The third-order valence-corrected chi connectivity index (χ3v) is 4.14. The Bertz CT molecular complexity index is 588. The van der Waals surface area contributed by atoms with Crippen LogP contribution in [-0.4, -0.2) is 32.3 Å². The molecule has 2 N–H and O–H groups in total. The molecule has 148 valence electrons. The van der Waals surface area contributed by atoms with Gasteiger partial charge in [0.25, 0.3) is 0 Å². The third-order valence-electron chi connectivity index (χ3n) is 4.14. The number of halogens is 3. The molecule has 0 aliphatic heterocycles. The van der Waals surface area contributed by atoms with E-state index in [-0.39, 0.29) is 29.7 Å². The molecule has 0 aromatic heterocycles. The minimum Gasteiger partial charge on any atom is -0.490 e. The smallest absolute Gasteiger partial charge is 0.387 e. The van der Waals surface area contributed by atoms with Crippen molar-refractivity contribution in [1.29, 1.82) is 0 Å². The van der Waals surface area contributed by atoms with Crippen LogP contribution < -0.4 is 20.1 Å². The van der Waals surface area contributed by atoms with Crippen LogP contribution in [0.25, 0.3) is 0 Å². The molecular weight excluding hydrogens is 455 g/mol. The summed E-state index contributed by atoms with van der Waals surface area (Å²) in [4.78, 5) is 4.20. The van der Waals surface area contributed by atoms with Gasteiger partial charge in [-0.05, 0) is 31.7 Å². The number of rotatable bonds is 9. The van der Waals surface area contributed by atoms with E-state index >= 15 is 0 Å². The van der Waals surface area contributed by atoms with Crippen molar-refractivity contribution in [2.24, 2.45) is 10.9 Å². The first-order valence-electron chi connectivity index (χ1n) is 8.75. The van der Waals surface area contributed by atoms with Crippen LogP contribution in [0.4, 0.5) is 8.78 Å². The Morgan fingerprint density at radius 2 is 2.12 bits per heavy atom. The van der Waals surface area contributed by atoms with Gasteiger partial charge in [-0.3, -0.25) is 4.99 Å². The SMILES string of the molecule is CCCC1CC1NC(=NC)NCc1cccc(OCC)c1OC(F)F.I. The standard InChI is InChI=1S/C18H27F2N3O2.HI/c1-4-7-12-10-14(12)23-18(21-3)22-11-13-8-6-9-15(24-5-2)16(13)25-17(19)20;/h6,8-9,12,14,17H,4-5,7,10-11H2,1-3H3,(H2,21,22,23);1H. The summed E-state index contributed by atoms with van der Waals surface area (Å²) in [6.45, 7) is 1.76. The van der Waals surface area contributed by atoms with Gasteiger partial charge in [0.15, 0.2) is 17.5 Å². The zero-order chi connectivity index (χ0) is 18.2. The number of alkyl halides is 2. The van der Waals surface area contributed by atoms with Crippen LogP contribution in [0, 0.1) is 5.92 Å². The maximum absolute atomic E-state index is 12.7. The first kappa shape index (κ1) is 22.7. The molecule has 2 atom stereocenters. The van der Waals surface area contributed by atoms with Gasteiger partial charge < -0.3 is 20.1 Å². The molecule has 0 heterocycles. The molecule has 1 fully saturated rings. The van der Waals surface area contributed by atoms with E-state index in [9.17, 15) is 8.78 Å². The summed E-state index contributed by atoms with van der Waals surface area (Å²) in [6.07, 6.45) is 3.53. The Morgan fingerprint density at radius 3 is 2.73 bits per heavy atom. The quantitative estimate of drug-likeness (QED) is 0.315. The molecule has 8 heteroatoms. The highest BCUT2D eigenvalue weighted by Gasteiger charge is 2.36. The van der Waals surface area contributed by atoms with Crippen LogP contribution in [0.15, 0.2) is 23.2 Å². The molecule has 1 aromatic carbocycles. The molecule has 5 nitrogen and oxygen atoms in total. The zero-order valence-electron chi connectivity index (χ0n) is 15.4. The highest BCUT2D eigenvalue weighted by molar-refractivity contribution is 14.0. The van der Waals surface area contributed by atoms with E-state index in [0.29, 0.717) is 42.4 Å². The van der Waals surface area contributed by atoms with Crippen molar-refractivity contribution in [2.45, 2.75) is 52.3 Å². The Hall–Kier alpha value is -1.32. The first-order chi connectivity index (χ1) is 12.1. The summed E-state index contributed by atoms with van der Waals surface area (Å²) in [5, 5.41) is 6.53. The second-order valence-electron chi connectivity index (χ2n) is 6.02. The van der Waals surface area contributed by atoms with Crippen LogP contribution in [0.2, 0.25) is 0 Å². The number of ether oxygens (including phenoxy) is 2. The van der Waals surface area contributed by atoms with Crippen LogP contribution in [-0.2, 0) is 6.54 Å². The summed E-state index contributed by atoms with van der Waals surface area (Å²) in [7, 11) is 1.69. The van der Waals surface area contributed by atoms with Crippen LogP contribution in [0.5, 0.6) is 11.5 Å². The van der Waals surface area contributed by atoms with Crippen molar-refractivity contribution in [2.75, 3.05) is 13.7 Å². The minimum atomic E-state index is -2.90. The Labute approximate surface area is 171 Å². The lowest BCUT2D eigenvalue weighted by Crippen LogP contribution is -2.38. The first-order valence-corrected chi connectivity index (χ1v) is 8.75. The van der Waals surface area contributed by atoms with Crippen molar-refractivity contribution in [3.8, 4) is 11.5 Å². The molecule has 0 spiro atoms. The predicted octanol–water partition coefficient (Wildman–Crippen LogP) is 4.16. The van der Waals surface area contributed by atoms with Crippen LogP contribution in [0.3, 0.4) is 0 Å². The van der Waals surface area contributed by atoms with Gasteiger partial charge in [-0.1, -0.05) is 25.5 Å². The van der Waals surface area contributed by atoms with E-state index in [1.54, 1.807) is 32.2 Å². The van der Waals surface area contributed by atoms with Gasteiger partial charge in [-0.25, -0.2) is 0 Å². The third kappa shape index (κ3) is 6.77. The Morgan fingerprint density at radius 1 is 1.35 bits per heavy atom. The lowest BCUT2D eigenvalue weighted by Gasteiger charge is -2.17.